The summed E-state index contributed by atoms with van der Waals surface area (Å²) in [7, 11) is 1.66. The van der Waals surface area contributed by atoms with E-state index in [1.807, 2.05) is 0 Å². The van der Waals surface area contributed by atoms with Crippen LogP contribution in [-0.2, 0) is 18.0 Å². The number of alkyl halides is 3. The van der Waals surface area contributed by atoms with Gasteiger partial charge in [0.2, 0.25) is 11.1 Å². The predicted octanol–water partition coefficient (Wildman–Crippen LogP) is 1.74. The van der Waals surface area contributed by atoms with Crippen LogP contribution in [0.25, 0.3) is 0 Å². The number of rotatable bonds is 5. The van der Waals surface area contributed by atoms with Gasteiger partial charge in [0.25, 0.3) is 0 Å². The van der Waals surface area contributed by atoms with E-state index in [4.69, 9.17) is 0 Å². The number of tetrazole rings is 1. The number of pyridine rings is 1. The first-order valence-corrected chi connectivity index (χ1v) is 7.04. The smallest absolute Gasteiger partial charge is 0.311 e. The van der Waals surface area contributed by atoms with Crippen molar-refractivity contribution in [2.45, 2.75) is 17.8 Å². The van der Waals surface area contributed by atoms with Gasteiger partial charge in [-0.1, -0.05) is 17.8 Å². The van der Waals surface area contributed by atoms with Gasteiger partial charge in [0.1, 0.15) is 11.5 Å². The maximum atomic E-state index is 12.5. The highest BCUT2D eigenvalue weighted by molar-refractivity contribution is 7.99. The largest absolute Gasteiger partial charge is 0.433 e. The van der Waals surface area contributed by atoms with Crippen LogP contribution in [0.4, 0.5) is 19.0 Å². The summed E-state index contributed by atoms with van der Waals surface area (Å²) in [6.45, 7) is 0. The standard InChI is InChI=1S/C11H11F3N6OS/c1-20-10(17-18-19-20)22-6-5-9(21)16-8-4-2-3-7(15-8)11(12,13)14/h2-4H,5-6H2,1H3,(H,15,16,21). The maximum Gasteiger partial charge on any atom is 0.433 e. The van der Waals surface area contributed by atoms with Gasteiger partial charge in [-0.25, -0.2) is 9.67 Å². The SMILES string of the molecule is Cn1nnnc1SCCC(=O)Nc1cccc(C(F)(F)F)n1. The molecule has 1 N–H and O–H groups in total. The molecule has 0 radical (unpaired) electrons. The Hall–Kier alpha value is -2.17. The van der Waals surface area contributed by atoms with E-state index in [1.165, 1.54) is 28.6 Å². The molecule has 0 saturated carbocycles. The van der Waals surface area contributed by atoms with Crippen LogP contribution < -0.4 is 5.32 Å². The summed E-state index contributed by atoms with van der Waals surface area (Å²) in [5.74, 6) is -0.182. The second-order valence-corrected chi connectivity index (χ2v) is 5.20. The topological polar surface area (TPSA) is 85.6 Å². The zero-order valence-corrected chi connectivity index (χ0v) is 12.1. The zero-order valence-electron chi connectivity index (χ0n) is 11.3. The number of hydrogen-bond acceptors (Lipinski definition) is 6. The summed E-state index contributed by atoms with van der Waals surface area (Å²) in [6, 6.07) is 3.32. The number of carbonyl (C=O) groups is 1. The number of amides is 1. The first-order chi connectivity index (χ1) is 10.4. The Morgan fingerprint density at radius 2 is 2.18 bits per heavy atom. The fraction of sp³-hybridized carbons (Fsp3) is 0.364. The molecular formula is C11H11F3N6OS. The Balaban J connectivity index is 1.86. The first-order valence-electron chi connectivity index (χ1n) is 6.05. The minimum Gasteiger partial charge on any atom is -0.311 e. The molecule has 2 heterocycles. The number of nitrogens with one attached hydrogen (secondary N) is 1. The van der Waals surface area contributed by atoms with Crippen molar-refractivity contribution in [3.8, 4) is 0 Å². The Morgan fingerprint density at radius 3 is 2.82 bits per heavy atom. The van der Waals surface area contributed by atoms with Crippen LogP contribution in [0.5, 0.6) is 0 Å². The molecule has 0 unspecified atom stereocenters. The van der Waals surface area contributed by atoms with E-state index in [-0.39, 0.29) is 12.2 Å². The number of anilines is 1. The average Bonchev–Trinajstić information content (AvgIpc) is 2.84. The summed E-state index contributed by atoms with van der Waals surface area (Å²) < 4.78 is 39.0. The Labute approximate surface area is 127 Å². The van der Waals surface area contributed by atoms with Gasteiger partial charge in [-0.2, -0.15) is 13.2 Å². The number of hydrogen-bond donors (Lipinski definition) is 1. The fourth-order valence-corrected chi connectivity index (χ4v) is 2.23. The third kappa shape index (κ3) is 4.41. The van der Waals surface area contributed by atoms with E-state index in [0.717, 1.165) is 6.07 Å². The second-order valence-electron chi connectivity index (χ2n) is 4.14. The Kier molecular flexibility index (Phi) is 4.96. The molecule has 0 atom stereocenters. The molecule has 2 aromatic rings. The first kappa shape index (κ1) is 16.2. The van der Waals surface area contributed by atoms with Crippen molar-refractivity contribution in [3.05, 3.63) is 23.9 Å². The molecule has 0 aliphatic rings. The van der Waals surface area contributed by atoms with Crippen LogP contribution in [0.2, 0.25) is 0 Å². The number of carbonyl (C=O) groups excluding carboxylic acids is 1. The highest BCUT2D eigenvalue weighted by Gasteiger charge is 2.32. The van der Waals surface area contributed by atoms with Crippen molar-refractivity contribution in [3.63, 3.8) is 0 Å². The molecule has 22 heavy (non-hydrogen) atoms. The molecule has 0 spiro atoms. The van der Waals surface area contributed by atoms with Crippen molar-refractivity contribution >= 4 is 23.5 Å². The molecule has 0 saturated heterocycles. The molecular weight excluding hydrogens is 321 g/mol. The summed E-state index contributed by atoms with van der Waals surface area (Å²) in [5, 5.41) is 13.7. The van der Waals surface area contributed by atoms with Crippen LogP contribution >= 0.6 is 11.8 Å². The Morgan fingerprint density at radius 1 is 1.41 bits per heavy atom. The van der Waals surface area contributed by atoms with E-state index < -0.39 is 17.8 Å². The third-order valence-electron chi connectivity index (χ3n) is 2.45. The molecule has 0 fully saturated rings. The molecule has 0 aliphatic heterocycles. The van der Waals surface area contributed by atoms with Crippen LogP contribution in [0.1, 0.15) is 12.1 Å². The van der Waals surface area contributed by atoms with Crippen LogP contribution in [-0.4, -0.2) is 36.9 Å². The number of nitrogens with zero attached hydrogens (tertiary/aromatic N) is 5. The van der Waals surface area contributed by atoms with Crippen molar-refractivity contribution in [1.29, 1.82) is 0 Å². The molecule has 0 bridgehead atoms. The number of aromatic nitrogens is 5. The lowest BCUT2D eigenvalue weighted by molar-refractivity contribution is -0.141. The predicted molar refractivity (Wildman–Crippen MR) is 72.0 cm³/mol. The van der Waals surface area contributed by atoms with Crippen molar-refractivity contribution in [2.24, 2.45) is 7.05 Å². The minimum absolute atomic E-state index is 0.0927. The van der Waals surface area contributed by atoms with E-state index >= 15 is 0 Å². The molecule has 11 heteroatoms. The molecule has 0 aromatic carbocycles. The van der Waals surface area contributed by atoms with Gasteiger partial charge in [-0.3, -0.25) is 4.79 Å². The molecule has 2 rings (SSSR count). The minimum atomic E-state index is -4.55. The number of halogens is 3. The van der Waals surface area contributed by atoms with Gasteiger partial charge in [-0.05, 0) is 22.6 Å². The average molecular weight is 332 g/mol. The van der Waals surface area contributed by atoms with Gasteiger partial charge >= 0.3 is 6.18 Å². The van der Waals surface area contributed by atoms with Crippen molar-refractivity contribution in [2.75, 3.05) is 11.1 Å². The fourth-order valence-electron chi connectivity index (χ4n) is 1.45. The lowest BCUT2D eigenvalue weighted by atomic mass is 10.3. The van der Waals surface area contributed by atoms with Gasteiger partial charge in [-0.15, -0.1) is 5.10 Å². The molecule has 7 nitrogen and oxygen atoms in total. The van der Waals surface area contributed by atoms with Gasteiger partial charge in [0.15, 0.2) is 0 Å². The van der Waals surface area contributed by atoms with Gasteiger partial charge in [0.05, 0.1) is 0 Å². The monoisotopic (exact) mass is 332 g/mol. The Bertz CT molecular complexity index is 659. The summed E-state index contributed by atoms with van der Waals surface area (Å²) in [6.07, 6.45) is -4.45. The maximum absolute atomic E-state index is 12.5. The molecule has 1 amide bonds. The van der Waals surface area contributed by atoms with Gasteiger partial charge < -0.3 is 5.32 Å². The molecule has 0 aliphatic carbocycles. The van der Waals surface area contributed by atoms with Crippen molar-refractivity contribution < 1.29 is 18.0 Å². The lowest BCUT2D eigenvalue weighted by Gasteiger charge is -2.08. The molecule has 118 valence electrons. The highest BCUT2D eigenvalue weighted by Crippen LogP contribution is 2.28. The third-order valence-corrected chi connectivity index (χ3v) is 3.46. The quantitative estimate of drug-likeness (QED) is 0.840. The van der Waals surface area contributed by atoms with Crippen LogP contribution in [0.3, 0.4) is 0 Å². The normalized spacial score (nSPS) is 11.5. The van der Waals surface area contributed by atoms with E-state index in [0.29, 0.717) is 10.9 Å². The van der Waals surface area contributed by atoms with Gasteiger partial charge in [0, 0.05) is 19.2 Å². The second kappa shape index (κ2) is 6.73. The van der Waals surface area contributed by atoms with Crippen LogP contribution in [0, 0.1) is 0 Å². The van der Waals surface area contributed by atoms with Crippen LogP contribution in [0.15, 0.2) is 23.4 Å². The zero-order chi connectivity index (χ0) is 16.2. The summed E-state index contributed by atoms with van der Waals surface area (Å²) >= 11 is 1.27. The van der Waals surface area contributed by atoms with E-state index in [1.54, 1.807) is 7.05 Å². The highest BCUT2D eigenvalue weighted by atomic mass is 32.2. The lowest BCUT2D eigenvalue weighted by Crippen LogP contribution is -2.15. The summed E-state index contributed by atoms with van der Waals surface area (Å²) in [4.78, 5) is 15.0. The number of thioether (sulfide) groups is 1. The summed E-state index contributed by atoms with van der Waals surface area (Å²) in [5.41, 5.74) is -1.05. The van der Waals surface area contributed by atoms with E-state index in [9.17, 15) is 18.0 Å². The van der Waals surface area contributed by atoms with E-state index in [2.05, 4.69) is 25.8 Å². The molecule has 2 aromatic heterocycles. The number of aryl methyl sites for hydroxylation is 1. The van der Waals surface area contributed by atoms with Crippen molar-refractivity contribution in [1.82, 2.24) is 25.2 Å².